The van der Waals surface area contributed by atoms with E-state index in [0.29, 0.717) is 13.2 Å². The van der Waals surface area contributed by atoms with Crippen molar-refractivity contribution in [2.75, 3.05) is 40.5 Å². The van der Waals surface area contributed by atoms with Gasteiger partial charge in [-0.25, -0.2) is 0 Å². The highest BCUT2D eigenvalue weighted by atomic mass is 16.5. The highest BCUT2D eigenvalue weighted by molar-refractivity contribution is 5.79. The molecule has 0 heterocycles. The lowest BCUT2D eigenvalue weighted by Crippen LogP contribution is -2.37. The van der Waals surface area contributed by atoms with Crippen LogP contribution in [0, 0.1) is 0 Å². The first-order valence-electron chi connectivity index (χ1n) is 8.39. The Labute approximate surface area is 140 Å². The molecule has 0 aliphatic carbocycles. The highest BCUT2D eigenvalue weighted by Crippen LogP contribution is 2.08. The molecule has 0 aliphatic rings. The van der Waals surface area contributed by atoms with E-state index in [1.165, 1.54) is 11.1 Å². The van der Waals surface area contributed by atoms with Crippen molar-refractivity contribution >= 4 is 5.96 Å². The van der Waals surface area contributed by atoms with Crippen molar-refractivity contribution in [2.45, 2.75) is 32.7 Å². The fourth-order valence-corrected chi connectivity index (χ4v) is 2.25. The van der Waals surface area contributed by atoms with Gasteiger partial charge < -0.3 is 20.1 Å². The predicted octanol–water partition coefficient (Wildman–Crippen LogP) is 2.36. The van der Waals surface area contributed by atoms with E-state index in [4.69, 9.17) is 9.47 Å². The number of benzene rings is 1. The number of nitrogens with zero attached hydrogens (tertiary/aromatic N) is 1. The number of hydrogen-bond donors (Lipinski definition) is 2. The average molecular weight is 321 g/mol. The third kappa shape index (κ3) is 8.57. The number of aryl methyl sites for hydroxylation is 1. The molecule has 1 rings (SSSR count). The van der Waals surface area contributed by atoms with Gasteiger partial charge in [0.1, 0.15) is 0 Å². The smallest absolute Gasteiger partial charge is 0.191 e. The Morgan fingerprint density at radius 2 is 1.83 bits per heavy atom. The van der Waals surface area contributed by atoms with E-state index in [1.807, 2.05) is 0 Å². The van der Waals surface area contributed by atoms with E-state index >= 15 is 0 Å². The summed E-state index contributed by atoms with van der Waals surface area (Å²) in [5.74, 6) is 0.844. The van der Waals surface area contributed by atoms with Gasteiger partial charge in [0.2, 0.25) is 0 Å². The van der Waals surface area contributed by atoms with Crippen LogP contribution in [-0.4, -0.2) is 46.5 Å². The molecule has 130 valence electrons. The fourth-order valence-electron chi connectivity index (χ4n) is 2.25. The zero-order valence-electron chi connectivity index (χ0n) is 14.7. The molecule has 5 nitrogen and oxygen atoms in total. The van der Waals surface area contributed by atoms with Gasteiger partial charge in [-0.05, 0) is 30.4 Å². The topological polar surface area (TPSA) is 54.9 Å². The van der Waals surface area contributed by atoms with Crippen molar-refractivity contribution in [3.8, 4) is 0 Å². The molecule has 1 aromatic carbocycles. The van der Waals surface area contributed by atoms with Gasteiger partial charge in [0.25, 0.3) is 0 Å². The summed E-state index contributed by atoms with van der Waals surface area (Å²) in [6.07, 6.45) is 3.14. The van der Waals surface area contributed by atoms with E-state index in [9.17, 15) is 0 Å². The summed E-state index contributed by atoms with van der Waals surface area (Å²) in [6.45, 7) is 5.98. The fraction of sp³-hybridized carbons (Fsp3) is 0.611. The van der Waals surface area contributed by atoms with Gasteiger partial charge in [0.05, 0.1) is 13.2 Å². The monoisotopic (exact) mass is 321 g/mol. The SMILES string of the molecule is CCc1ccccc1CNC(=NC)NCCCCOCCOC. The van der Waals surface area contributed by atoms with Gasteiger partial charge in [0, 0.05) is 33.9 Å². The van der Waals surface area contributed by atoms with Gasteiger partial charge in [-0.15, -0.1) is 0 Å². The molecule has 0 atom stereocenters. The summed E-state index contributed by atoms with van der Waals surface area (Å²) in [4.78, 5) is 4.26. The molecule has 2 N–H and O–H groups in total. The Kier molecular flexibility index (Phi) is 10.9. The number of ether oxygens (including phenoxy) is 2. The molecule has 0 aliphatic heterocycles. The third-order valence-electron chi connectivity index (χ3n) is 3.61. The number of rotatable bonds is 11. The molecule has 0 saturated carbocycles. The van der Waals surface area contributed by atoms with Gasteiger partial charge in [-0.1, -0.05) is 31.2 Å². The molecular formula is C18H31N3O2. The van der Waals surface area contributed by atoms with E-state index in [0.717, 1.165) is 44.9 Å². The second-order valence-electron chi connectivity index (χ2n) is 5.29. The van der Waals surface area contributed by atoms with Gasteiger partial charge >= 0.3 is 0 Å². The Morgan fingerprint density at radius 1 is 1.04 bits per heavy atom. The molecule has 0 unspecified atom stereocenters. The first-order chi connectivity index (χ1) is 11.3. The summed E-state index contributed by atoms with van der Waals surface area (Å²) in [6, 6.07) is 8.51. The Bertz CT molecular complexity index is 450. The summed E-state index contributed by atoms with van der Waals surface area (Å²) in [5.41, 5.74) is 2.70. The maximum absolute atomic E-state index is 5.44. The molecule has 0 bridgehead atoms. The van der Waals surface area contributed by atoms with Crippen molar-refractivity contribution in [2.24, 2.45) is 4.99 Å². The predicted molar refractivity (Wildman–Crippen MR) is 96.0 cm³/mol. The van der Waals surface area contributed by atoms with E-state index in [-0.39, 0.29) is 0 Å². The maximum atomic E-state index is 5.44. The lowest BCUT2D eigenvalue weighted by Gasteiger charge is -2.13. The van der Waals surface area contributed by atoms with Crippen LogP contribution in [-0.2, 0) is 22.4 Å². The molecule has 5 heteroatoms. The minimum Gasteiger partial charge on any atom is -0.382 e. The standard InChI is InChI=1S/C18H31N3O2/c1-4-16-9-5-6-10-17(16)15-21-18(19-2)20-11-7-8-12-23-14-13-22-3/h5-6,9-10H,4,7-8,11-15H2,1-3H3,(H2,19,20,21). The van der Waals surface area contributed by atoms with Crippen molar-refractivity contribution in [3.63, 3.8) is 0 Å². The average Bonchev–Trinajstić information content (AvgIpc) is 2.60. The lowest BCUT2D eigenvalue weighted by molar-refractivity contribution is 0.0689. The number of unbranched alkanes of at least 4 members (excludes halogenated alkanes) is 1. The van der Waals surface area contributed by atoms with E-state index in [1.54, 1.807) is 14.2 Å². The number of guanidine groups is 1. The Hall–Kier alpha value is -1.59. The molecule has 1 aromatic rings. The van der Waals surface area contributed by atoms with Crippen LogP contribution in [0.1, 0.15) is 30.9 Å². The van der Waals surface area contributed by atoms with E-state index < -0.39 is 0 Å². The van der Waals surface area contributed by atoms with Crippen LogP contribution in [0.4, 0.5) is 0 Å². The molecular weight excluding hydrogens is 290 g/mol. The second kappa shape index (κ2) is 12.9. The van der Waals surface area contributed by atoms with Gasteiger partial charge in [-0.3, -0.25) is 4.99 Å². The highest BCUT2D eigenvalue weighted by Gasteiger charge is 2.01. The lowest BCUT2D eigenvalue weighted by atomic mass is 10.1. The van der Waals surface area contributed by atoms with Crippen LogP contribution in [0.15, 0.2) is 29.3 Å². The zero-order chi connectivity index (χ0) is 16.8. The van der Waals surface area contributed by atoms with Crippen LogP contribution in [0.5, 0.6) is 0 Å². The van der Waals surface area contributed by atoms with Crippen LogP contribution < -0.4 is 10.6 Å². The molecule has 0 amide bonds. The molecule has 0 saturated heterocycles. The largest absolute Gasteiger partial charge is 0.382 e. The van der Waals surface area contributed by atoms with E-state index in [2.05, 4.69) is 46.8 Å². The molecule has 23 heavy (non-hydrogen) atoms. The minimum atomic E-state index is 0.661. The zero-order valence-corrected chi connectivity index (χ0v) is 14.7. The molecule has 0 aromatic heterocycles. The van der Waals surface area contributed by atoms with Gasteiger partial charge in [0.15, 0.2) is 5.96 Å². The summed E-state index contributed by atoms with van der Waals surface area (Å²) in [7, 11) is 3.49. The van der Waals surface area contributed by atoms with Crippen LogP contribution in [0.25, 0.3) is 0 Å². The first-order valence-corrected chi connectivity index (χ1v) is 8.39. The molecule has 0 spiro atoms. The van der Waals surface area contributed by atoms with Crippen molar-refractivity contribution in [1.82, 2.24) is 10.6 Å². The van der Waals surface area contributed by atoms with Crippen LogP contribution in [0.2, 0.25) is 0 Å². The molecule has 0 fully saturated rings. The summed E-state index contributed by atoms with van der Waals surface area (Å²) >= 11 is 0. The minimum absolute atomic E-state index is 0.661. The number of methoxy groups -OCH3 is 1. The Morgan fingerprint density at radius 3 is 2.52 bits per heavy atom. The summed E-state index contributed by atoms with van der Waals surface area (Å²) in [5, 5.41) is 6.71. The van der Waals surface area contributed by atoms with Crippen molar-refractivity contribution in [3.05, 3.63) is 35.4 Å². The number of hydrogen-bond acceptors (Lipinski definition) is 3. The Balaban J connectivity index is 2.17. The maximum Gasteiger partial charge on any atom is 0.191 e. The van der Waals surface area contributed by atoms with Crippen molar-refractivity contribution in [1.29, 1.82) is 0 Å². The second-order valence-corrected chi connectivity index (χ2v) is 5.29. The van der Waals surface area contributed by atoms with Crippen molar-refractivity contribution < 1.29 is 9.47 Å². The van der Waals surface area contributed by atoms with Crippen LogP contribution in [0.3, 0.4) is 0 Å². The quantitative estimate of drug-likeness (QED) is 0.373. The summed E-state index contributed by atoms with van der Waals surface area (Å²) < 4.78 is 10.4. The molecule has 0 radical (unpaired) electrons. The van der Waals surface area contributed by atoms with Gasteiger partial charge in [-0.2, -0.15) is 0 Å². The number of nitrogens with one attached hydrogen (secondary N) is 2. The normalized spacial score (nSPS) is 11.5. The third-order valence-corrected chi connectivity index (χ3v) is 3.61. The van der Waals surface area contributed by atoms with Crippen LogP contribution >= 0.6 is 0 Å². The first kappa shape index (κ1) is 19.5. The number of aliphatic imine (C=N–C) groups is 1.